The van der Waals surface area contributed by atoms with Crippen molar-refractivity contribution >= 4 is 17.9 Å². The molecule has 0 spiro atoms. The normalized spacial score (nSPS) is 15.4. The molecule has 41 heavy (non-hydrogen) atoms. The van der Waals surface area contributed by atoms with Crippen LogP contribution in [0.15, 0.2) is 12.2 Å². The molecule has 0 heterocycles. The lowest BCUT2D eigenvalue weighted by atomic mass is 9.96. The molecule has 240 valence electrons. The van der Waals surface area contributed by atoms with Crippen LogP contribution >= 0.6 is 0 Å². The first-order chi connectivity index (χ1) is 19.7. The van der Waals surface area contributed by atoms with Gasteiger partial charge in [-0.25, -0.2) is 0 Å². The number of hydrogen-bond acceptors (Lipinski definition) is 3. The number of allylic oxidation sites excluding steroid dienone is 1. The lowest BCUT2D eigenvalue weighted by molar-refractivity contribution is -0.934. The van der Waals surface area contributed by atoms with E-state index < -0.39 is 35.7 Å². The van der Waals surface area contributed by atoms with Crippen LogP contribution < -0.4 is 0 Å². The summed E-state index contributed by atoms with van der Waals surface area (Å²) in [5, 5.41) is 29.4. The molecule has 0 aliphatic heterocycles. The highest BCUT2D eigenvalue weighted by Crippen LogP contribution is 2.25. The Morgan fingerprint density at radius 2 is 0.829 bits per heavy atom. The van der Waals surface area contributed by atoms with E-state index in [2.05, 4.69) is 19.1 Å². The molecule has 0 bridgehead atoms. The van der Waals surface area contributed by atoms with Gasteiger partial charge in [0.25, 0.3) is 0 Å². The first-order valence-corrected chi connectivity index (χ1v) is 16.8. The molecule has 0 saturated carbocycles. The van der Waals surface area contributed by atoms with E-state index in [1.807, 2.05) is 20.8 Å². The van der Waals surface area contributed by atoms with Crippen LogP contribution in [-0.2, 0) is 14.4 Å². The molecule has 3 atom stereocenters. The van der Waals surface area contributed by atoms with Crippen molar-refractivity contribution in [3.63, 3.8) is 0 Å². The highest BCUT2D eigenvalue weighted by atomic mass is 16.4. The van der Waals surface area contributed by atoms with Gasteiger partial charge in [0.05, 0.1) is 26.2 Å². The maximum absolute atomic E-state index is 12.0. The van der Waals surface area contributed by atoms with Crippen LogP contribution in [0.25, 0.3) is 0 Å². The van der Waals surface area contributed by atoms with Gasteiger partial charge in [0.1, 0.15) is 17.8 Å². The van der Waals surface area contributed by atoms with Crippen LogP contribution in [0, 0.1) is 17.8 Å². The first-order valence-electron chi connectivity index (χ1n) is 16.8. The van der Waals surface area contributed by atoms with Crippen molar-refractivity contribution in [1.82, 2.24) is 0 Å². The third-order valence-corrected chi connectivity index (χ3v) is 8.76. The van der Waals surface area contributed by atoms with Crippen LogP contribution in [0.1, 0.15) is 143 Å². The highest BCUT2D eigenvalue weighted by Gasteiger charge is 2.40. The summed E-state index contributed by atoms with van der Waals surface area (Å²) >= 11 is 0. The molecule has 3 N–H and O–H groups in total. The Balaban J connectivity index is 4.86. The van der Waals surface area contributed by atoms with Gasteiger partial charge >= 0.3 is 17.9 Å². The molecule has 0 saturated heterocycles. The van der Waals surface area contributed by atoms with Gasteiger partial charge in [0.2, 0.25) is 0 Å². The van der Waals surface area contributed by atoms with Crippen molar-refractivity contribution in [2.45, 2.75) is 143 Å². The van der Waals surface area contributed by atoms with Crippen LogP contribution in [0.4, 0.5) is 0 Å². The van der Waals surface area contributed by atoms with Crippen molar-refractivity contribution in [1.29, 1.82) is 0 Å². The predicted molar refractivity (Wildman–Crippen MR) is 168 cm³/mol. The summed E-state index contributed by atoms with van der Waals surface area (Å²) in [4.78, 5) is 35.9. The van der Waals surface area contributed by atoms with Crippen molar-refractivity contribution in [2.75, 3.05) is 26.2 Å². The summed E-state index contributed by atoms with van der Waals surface area (Å²) in [5.74, 6) is -4.62. The molecule has 3 unspecified atom stereocenters. The standard InChI is InChI=1S/C34H63NO6/c1-5-9-10-11-12-13-14-15-16-17-18-19-20-21-22-23-24-25-35(26-29(6-2)32(36)37,27-30(7-3)33(38)39)28-31(8-4)34(40)41/h22-23,29-31H,5-21,24-28H2,1-4H3,(H2-,36,37,38,39,40,41)/p+1/b23-22+. The Morgan fingerprint density at radius 1 is 0.512 bits per heavy atom. The molecule has 0 radical (unpaired) electrons. The molecular weight excluding hydrogens is 518 g/mol. The number of rotatable bonds is 29. The Bertz CT molecular complexity index is 662. The number of carbonyl (C=O) groups is 3. The van der Waals surface area contributed by atoms with E-state index in [4.69, 9.17) is 0 Å². The van der Waals surface area contributed by atoms with Gasteiger partial charge in [0, 0.05) is 6.42 Å². The molecule has 0 amide bonds. The Hall–Kier alpha value is -1.89. The first kappa shape index (κ1) is 39.1. The minimum Gasteiger partial charge on any atom is -0.481 e. The van der Waals surface area contributed by atoms with Gasteiger partial charge in [0.15, 0.2) is 0 Å². The SMILES string of the molecule is CCCCCCCCCCCCCCC/C=C/CC[N+](CC(CC)C(=O)O)(CC(CC)C(=O)O)CC(CC)C(=O)O. The summed E-state index contributed by atoms with van der Waals surface area (Å²) in [6.07, 6.45) is 24.6. The monoisotopic (exact) mass is 582 g/mol. The minimum absolute atomic E-state index is 0.212. The lowest BCUT2D eigenvalue weighted by Gasteiger charge is -2.43. The largest absolute Gasteiger partial charge is 0.481 e. The van der Waals surface area contributed by atoms with Gasteiger partial charge < -0.3 is 19.8 Å². The summed E-state index contributed by atoms with van der Waals surface area (Å²) in [6, 6.07) is 0. The zero-order chi connectivity index (χ0) is 30.9. The van der Waals surface area contributed by atoms with Crippen LogP contribution in [0.3, 0.4) is 0 Å². The minimum atomic E-state index is -0.903. The van der Waals surface area contributed by atoms with Gasteiger partial charge in [-0.2, -0.15) is 0 Å². The summed E-state index contributed by atoms with van der Waals surface area (Å²) in [5.41, 5.74) is 0. The zero-order valence-corrected chi connectivity index (χ0v) is 27.0. The predicted octanol–water partition coefficient (Wildman–Crippen LogP) is 8.56. The Labute approximate surface area is 251 Å². The Morgan fingerprint density at radius 3 is 1.15 bits per heavy atom. The maximum atomic E-state index is 12.0. The molecule has 7 nitrogen and oxygen atoms in total. The molecule has 0 aromatic rings. The van der Waals surface area contributed by atoms with Gasteiger partial charge in [-0.15, -0.1) is 0 Å². The van der Waals surface area contributed by atoms with E-state index >= 15 is 0 Å². The molecule has 0 aliphatic carbocycles. The fourth-order valence-electron chi connectivity index (χ4n) is 5.91. The van der Waals surface area contributed by atoms with E-state index in [1.165, 1.54) is 77.0 Å². The van der Waals surface area contributed by atoms with Crippen molar-refractivity contribution in [3.05, 3.63) is 12.2 Å². The lowest BCUT2D eigenvalue weighted by Crippen LogP contribution is -2.58. The fourth-order valence-corrected chi connectivity index (χ4v) is 5.91. The average Bonchev–Trinajstić information content (AvgIpc) is 2.94. The summed E-state index contributed by atoms with van der Waals surface area (Å²) in [7, 11) is 0. The smallest absolute Gasteiger partial charge is 0.312 e. The molecule has 0 aliphatic rings. The van der Waals surface area contributed by atoms with Crippen LogP contribution in [0.5, 0.6) is 0 Å². The second kappa shape index (κ2) is 24.7. The summed E-state index contributed by atoms with van der Waals surface area (Å²) < 4.78 is 0.212. The number of quaternary nitrogens is 1. The fraction of sp³-hybridized carbons (Fsp3) is 0.853. The third-order valence-electron chi connectivity index (χ3n) is 8.76. The number of aliphatic carboxylic acids is 3. The van der Waals surface area contributed by atoms with Crippen molar-refractivity contribution in [3.8, 4) is 0 Å². The molecule has 0 aromatic carbocycles. The van der Waals surface area contributed by atoms with Crippen molar-refractivity contribution < 1.29 is 34.2 Å². The second-order valence-electron chi connectivity index (χ2n) is 12.2. The van der Waals surface area contributed by atoms with E-state index in [-0.39, 0.29) is 24.1 Å². The van der Waals surface area contributed by atoms with Gasteiger partial charge in [-0.3, -0.25) is 14.4 Å². The van der Waals surface area contributed by atoms with E-state index in [9.17, 15) is 29.7 Å². The molecule has 7 heteroatoms. The van der Waals surface area contributed by atoms with E-state index in [1.54, 1.807) is 0 Å². The number of unbranched alkanes of at least 4 members (excludes halogenated alkanes) is 13. The number of carboxylic acid groups (broad SMARTS) is 3. The van der Waals surface area contributed by atoms with Crippen LogP contribution in [-0.4, -0.2) is 63.9 Å². The zero-order valence-electron chi connectivity index (χ0n) is 27.0. The highest BCUT2D eigenvalue weighted by molar-refractivity contribution is 5.71. The second-order valence-corrected chi connectivity index (χ2v) is 12.2. The van der Waals surface area contributed by atoms with E-state index in [0.29, 0.717) is 32.2 Å². The molecule has 0 rings (SSSR count). The summed E-state index contributed by atoms with van der Waals surface area (Å²) in [6.45, 7) is 9.05. The number of carboxylic acids is 3. The Kier molecular flexibility index (Phi) is 23.5. The topological polar surface area (TPSA) is 112 Å². The molecular formula is C34H64NO6+. The number of hydrogen-bond donors (Lipinski definition) is 3. The van der Waals surface area contributed by atoms with E-state index in [0.717, 1.165) is 12.8 Å². The average molecular weight is 583 g/mol. The maximum Gasteiger partial charge on any atom is 0.312 e. The van der Waals surface area contributed by atoms with Crippen LogP contribution in [0.2, 0.25) is 0 Å². The third kappa shape index (κ3) is 19.0. The van der Waals surface area contributed by atoms with Gasteiger partial charge in [-0.05, 0) is 32.1 Å². The quantitative estimate of drug-likeness (QED) is 0.0463. The van der Waals surface area contributed by atoms with Crippen molar-refractivity contribution in [2.24, 2.45) is 17.8 Å². The molecule has 0 aromatic heterocycles. The van der Waals surface area contributed by atoms with Gasteiger partial charge in [-0.1, -0.05) is 117 Å². The molecule has 0 fully saturated rings. The number of nitrogens with zero attached hydrogens (tertiary/aromatic N) is 1.